The van der Waals surface area contributed by atoms with Gasteiger partial charge in [-0.05, 0) is 6.42 Å². The molecule has 0 radical (unpaired) electrons. The molecular formula is C5H15N4+. The predicted molar refractivity (Wildman–Crippen MR) is 37.3 cm³/mol. The Morgan fingerprint density at radius 1 is 1.67 bits per heavy atom. The smallest absolute Gasteiger partial charge is 0.290 e. The van der Waals surface area contributed by atoms with Crippen molar-refractivity contribution in [2.24, 2.45) is 11.6 Å². The average molecular weight is 131 g/mol. The first kappa shape index (κ1) is 8.23. The lowest BCUT2D eigenvalue weighted by Gasteiger charge is -1.90. The van der Waals surface area contributed by atoms with E-state index in [1.54, 1.807) is 0 Å². The Bertz CT molecular complexity index is 89.0. The van der Waals surface area contributed by atoms with Crippen LogP contribution in [-0.2, 0) is 0 Å². The van der Waals surface area contributed by atoms with E-state index >= 15 is 0 Å². The van der Waals surface area contributed by atoms with Gasteiger partial charge in [0.2, 0.25) is 0 Å². The van der Waals surface area contributed by atoms with E-state index in [1.165, 1.54) is 0 Å². The first-order valence-electron chi connectivity index (χ1n) is 3.14. The molecular weight excluding hydrogens is 116 g/mol. The van der Waals surface area contributed by atoms with Crippen molar-refractivity contribution >= 4 is 5.96 Å². The van der Waals surface area contributed by atoms with E-state index in [0.29, 0.717) is 5.96 Å². The number of rotatable bonds is 3. The van der Waals surface area contributed by atoms with Gasteiger partial charge in [0, 0.05) is 0 Å². The number of guanidine groups is 1. The molecule has 0 spiro atoms. The van der Waals surface area contributed by atoms with Crippen LogP contribution < -0.4 is 22.0 Å². The third-order valence-electron chi connectivity index (χ3n) is 1.00. The first-order valence-corrected chi connectivity index (χ1v) is 3.14. The lowest BCUT2D eigenvalue weighted by molar-refractivity contribution is -0.461. The molecule has 54 valence electrons. The maximum atomic E-state index is 5.28. The Labute approximate surface area is 55.3 Å². The fourth-order valence-corrected chi connectivity index (χ4v) is 0.451. The van der Waals surface area contributed by atoms with Crippen LogP contribution in [0.3, 0.4) is 0 Å². The quantitative estimate of drug-likeness (QED) is 0.114. The molecule has 0 atom stereocenters. The van der Waals surface area contributed by atoms with Crippen LogP contribution >= 0.6 is 0 Å². The molecule has 0 rings (SSSR count). The Kier molecular flexibility index (Phi) is 4.91. The highest BCUT2D eigenvalue weighted by atomic mass is 15.3. The topological polar surface area (TPSA) is 78.0 Å². The van der Waals surface area contributed by atoms with Crippen molar-refractivity contribution in [2.75, 3.05) is 6.54 Å². The molecule has 0 aliphatic carbocycles. The second-order valence-electron chi connectivity index (χ2n) is 1.84. The molecule has 4 nitrogen and oxygen atoms in total. The summed E-state index contributed by atoms with van der Waals surface area (Å²) in [4.78, 5) is 2.89. The molecule has 0 heterocycles. The third kappa shape index (κ3) is 5.10. The summed E-state index contributed by atoms with van der Waals surface area (Å²) in [6.07, 6.45) is 2.27. The van der Waals surface area contributed by atoms with E-state index in [1.807, 2.05) is 0 Å². The molecule has 0 amide bonds. The van der Waals surface area contributed by atoms with Crippen molar-refractivity contribution in [3.05, 3.63) is 0 Å². The normalized spacial score (nSPS) is 11.6. The van der Waals surface area contributed by atoms with Gasteiger partial charge in [-0.25, -0.2) is 5.43 Å². The molecule has 0 aliphatic rings. The van der Waals surface area contributed by atoms with Crippen molar-refractivity contribution in [1.29, 1.82) is 0 Å². The van der Waals surface area contributed by atoms with Gasteiger partial charge in [0.1, 0.15) is 0 Å². The molecule has 9 heavy (non-hydrogen) atoms. The van der Waals surface area contributed by atoms with Crippen LogP contribution in [0.2, 0.25) is 0 Å². The fraction of sp³-hybridized carbons (Fsp3) is 0.800. The zero-order valence-corrected chi connectivity index (χ0v) is 5.78. The van der Waals surface area contributed by atoms with Gasteiger partial charge < -0.3 is 0 Å². The van der Waals surface area contributed by atoms with Gasteiger partial charge in [0.05, 0.1) is 6.54 Å². The summed E-state index contributed by atoms with van der Waals surface area (Å²) < 4.78 is 0. The molecule has 0 bridgehead atoms. The highest BCUT2D eigenvalue weighted by molar-refractivity contribution is 5.70. The Morgan fingerprint density at radius 3 is 2.78 bits per heavy atom. The molecule has 6 N–H and O–H groups in total. The minimum Gasteiger partial charge on any atom is -0.290 e. The van der Waals surface area contributed by atoms with Crippen LogP contribution in [-0.4, -0.2) is 12.5 Å². The van der Waals surface area contributed by atoms with E-state index < -0.39 is 0 Å². The number of hydrogen-bond acceptors (Lipinski definition) is 1. The average Bonchev–Trinajstić information content (AvgIpc) is 1.89. The van der Waals surface area contributed by atoms with E-state index in [-0.39, 0.29) is 0 Å². The van der Waals surface area contributed by atoms with Crippen molar-refractivity contribution in [1.82, 2.24) is 5.43 Å². The zero-order valence-electron chi connectivity index (χ0n) is 5.78. The van der Waals surface area contributed by atoms with Crippen LogP contribution in [0.25, 0.3) is 0 Å². The SMILES string of the molecule is CCCC[NH+]=C(N)NN. The zero-order chi connectivity index (χ0) is 7.11. The Hall–Kier alpha value is -0.770. The minimum absolute atomic E-state index is 0.434. The fourth-order valence-electron chi connectivity index (χ4n) is 0.451. The van der Waals surface area contributed by atoms with Gasteiger partial charge in [-0.2, -0.15) is 5.84 Å². The maximum absolute atomic E-state index is 5.28. The molecule has 0 saturated carbocycles. The van der Waals surface area contributed by atoms with Crippen molar-refractivity contribution < 1.29 is 4.99 Å². The van der Waals surface area contributed by atoms with E-state index in [0.717, 1.165) is 19.4 Å². The number of hydrazine groups is 1. The van der Waals surface area contributed by atoms with Crippen molar-refractivity contribution in [3.63, 3.8) is 0 Å². The third-order valence-corrected chi connectivity index (χ3v) is 1.00. The van der Waals surface area contributed by atoms with E-state index in [4.69, 9.17) is 11.6 Å². The molecule has 0 unspecified atom stereocenters. The number of unbranched alkanes of at least 4 members (excludes halogenated alkanes) is 1. The first-order chi connectivity index (χ1) is 4.31. The summed E-state index contributed by atoms with van der Waals surface area (Å²) >= 11 is 0. The molecule has 0 fully saturated rings. The maximum Gasteiger partial charge on any atom is 0.358 e. The van der Waals surface area contributed by atoms with Crippen LogP contribution in [0.15, 0.2) is 0 Å². The standard InChI is InChI=1S/C5H14N4/c1-2-3-4-8-5(6)9-7/h2-4,7H2,1H3,(H3,6,8,9)/p+1. The monoisotopic (exact) mass is 131 g/mol. The van der Waals surface area contributed by atoms with Gasteiger partial charge in [-0.15, -0.1) is 0 Å². The number of nitrogens with one attached hydrogen (secondary N) is 2. The molecule has 4 heteroatoms. The number of hydrogen-bond donors (Lipinski definition) is 4. The summed E-state index contributed by atoms with van der Waals surface area (Å²) in [5, 5.41) is 0. The van der Waals surface area contributed by atoms with Crippen LogP contribution in [0.4, 0.5) is 0 Å². The minimum atomic E-state index is 0.434. The lowest BCUT2D eigenvalue weighted by atomic mass is 10.3. The number of nitrogens with two attached hydrogens (primary N) is 2. The molecule has 0 aromatic rings. The van der Waals surface area contributed by atoms with E-state index in [2.05, 4.69) is 17.3 Å². The van der Waals surface area contributed by atoms with Crippen LogP contribution in [0.1, 0.15) is 19.8 Å². The molecule has 0 aromatic heterocycles. The molecule has 0 saturated heterocycles. The highest BCUT2D eigenvalue weighted by Crippen LogP contribution is 1.76. The summed E-state index contributed by atoms with van der Waals surface area (Å²) in [5.41, 5.74) is 7.59. The Morgan fingerprint density at radius 2 is 2.33 bits per heavy atom. The summed E-state index contributed by atoms with van der Waals surface area (Å²) in [6, 6.07) is 0. The summed E-state index contributed by atoms with van der Waals surface area (Å²) in [7, 11) is 0. The van der Waals surface area contributed by atoms with Gasteiger partial charge in [-0.1, -0.05) is 13.3 Å². The Balaban J connectivity index is 3.21. The summed E-state index contributed by atoms with van der Waals surface area (Å²) in [5.74, 6) is 5.41. The van der Waals surface area contributed by atoms with Crippen LogP contribution in [0.5, 0.6) is 0 Å². The largest absolute Gasteiger partial charge is 0.358 e. The second kappa shape index (κ2) is 5.37. The van der Waals surface area contributed by atoms with Crippen molar-refractivity contribution in [2.45, 2.75) is 19.8 Å². The summed E-state index contributed by atoms with van der Waals surface area (Å²) in [6.45, 7) is 3.00. The second-order valence-corrected chi connectivity index (χ2v) is 1.84. The van der Waals surface area contributed by atoms with Gasteiger partial charge in [0.15, 0.2) is 0 Å². The highest BCUT2D eigenvalue weighted by Gasteiger charge is 1.88. The van der Waals surface area contributed by atoms with Crippen LogP contribution in [0, 0.1) is 0 Å². The van der Waals surface area contributed by atoms with E-state index in [9.17, 15) is 0 Å². The van der Waals surface area contributed by atoms with Gasteiger partial charge in [0.25, 0.3) is 0 Å². The van der Waals surface area contributed by atoms with Crippen molar-refractivity contribution in [3.8, 4) is 0 Å². The van der Waals surface area contributed by atoms with Gasteiger partial charge in [-0.3, -0.25) is 10.7 Å². The molecule has 0 aliphatic heterocycles. The molecule has 0 aromatic carbocycles. The lowest BCUT2D eigenvalue weighted by Crippen LogP contribution is -2.79. The van der Waals surface area contributed by atoms with Gasteiger partial charge >= 0.3 is 5.96 Å². The predicted octanol–water partition coefficient (Wildman–Crippen LogP) is -2.35.